The normalized spacial score (nSPS) is 18.0. The van der Waals surface area contributed by atoms with Gasteiger partial charge >= 0.3 is 0 Å². The van der Waals surface area contributed by atoms with Crippen molar-refractivity contribution in [3.05, 3.63) is 68.6 Å². The van der Waals surface area contributed by atoms with E-state index in [1.165, 1.54) is 12.3 Å². The summed E-state index contributed by atoms with van der Waals surface area (Å²) >= 11 is 6.09. The number of hydrogen-bond acceptors (Lipinski definition) is 3. The first-order chi connectivity index (χ1) is 11.1. The van der Waals surface area contributed by atoms with Crippen molar-refractivity contribution in [3.8, 4) is 0 Å². The molecule has 0 aliphatic carbocycles. The quantitative estimate of drug-likeness (QED) is 0.886. The minimum atomic E-state index is -0.203. The highest BCUT2D eigenvalue weighted by atomic mass is 35.5. The zero-order valence-electron chi connectivity index (χ0n) is 12.8. The van der Waals surface area contributed by atoms with Gasteiger partial charge in [0.1, 0.15) is 0 Å². The summed E-state index contributed by atoms with van der Waals surface area (Å²) in [5, 5.41) is 3.97. The zero-order valence-corrected chi connectivity index (χ0v) is 13.6. The van der Waals surface area contributed by atoms with E-state index in [9.17, 15) is 9.59 Å². The molecule has 3 rings (SSSR count). The van der Waals surface area contributed by atoms with Gasteiger partial charge in [0, 0.05) is 36.9 Å². The maximum atomic E-state index is 12.9. The molecule has 1 saturated heterocycles. The third kappa shape index (κ3) is 3.30. The molecule has 1 atom stereocenters. The molecular formula is C17H18ClN3O2. The van der Waals surface area contributed by atoms with Gasteiger partial charge in [-0.15, -0.1) is 0 Å². The predicted octanol–water partition coefficient (Wildman–Crippen LogP) is 2.12. The lowest BCUT2D eigenvalue weighted by atomic mass is 10.0. The molecule has 1 aromatic carbocycles. The number of nitrogens with zero attached hydrogens (tertiary/aromatic N) is 1. The highest BCUT2D eigenvalue weighted by molar-refractivity contribution is 6.30. The Balaban J connectivity index is 1.95. The number of benzene rings is 1. The molecule has 2 aromatic rings. The van der Waals surface area contributed by atoms with E-state index in [-0.39, 0.29) is 17.5 Å². The largest absolute Gasteiger partial charge is 0.329 e. The number of nitrogens with one attached hydrogen (secondary N) is 2. The Labute approximate surface area is 139 Å². The second kappa shape index (κ2) is 6.56. The lowest BCUT2D eigenvalue weighted by Gasteiger charge is -2.37. The van der Waals surface area contributed by atoms with Crippen LogP contribution in [0, 0.1) is 6.92 Å². The summed E-state index contributed by atoms with van der Waals surface area (Å²) in [5.74, 6) is -0.0785. The summed E-state index contributed by atoms with van der Waals surface area (Å²) in [5.41, 5.74) is 2.01. The van der Waals surface area contributed by atoms with E-state index in [2.05, 4.69) is 10.3 Å². The number of H-pyrrole nitrogens is 1. The van der Waals surface area contributed by atoms with Crippen LogP contribution in [0.2, 0.25) is 5.02 Å². The molecule has 1 amide bonds. The Morgan fingerprint density at radius 1 is 1.35 bits per heavy atom. The summed E-state index contributed by atoms with van der Waals surface area (Å²) in [6.07, 6.45) is 1.50. The molecule has 1 aromatic heterocycles. The Hall–Kier alpha value is -2.11. The van der Waals surface area contributed by atoms with Gasteiger partial charge in [-0.05, 0) is 30.2 Å². The van der Waals surface area contributed by atoms with E-state index in [1.807, 2.05) is 29.2 Å². The van der Waals surface area contributed by atoms with Gasteiger partial charge in [0.05, 0.1) is 11.6 Å². The fourth-order valence-corrected chi connectivity index (χ4v) is 3.12. The van der Waals surface area contributed by atoms with Gasteiger partial charge in [-0.1, -0.05) is 23.7 Å². The molecule has 5 nitrogen and oxygen atoms in total. The average Bonchev–Trinajstić information content (AvgIpc) is 2.54. The molecule has 0 saturated carbocycles. The van der Waals surface area contributed by atoms with Gasteiger partial charge in [0.15, 0.2) is 0 Å². The summed E-state index contributed by atoms with van der Waals surface area (Å²) in [4.78, 5) is 28.7. The highest BCUT2D eigenvalue weighted by Gasteiger charge is 2.29. The Bertz CT molecular complexity index is 787. The minimum absolute atomic E-state index is 0.0785. The van der Waals surface area contributed by atoms with Crippen LogP contribution in [0.15, 0.2) is 41.3 Å². The molecule has 2 N–H and O–H groups in total. The predicted molar refractivity (Wildman–Crippen MR) is 89.9 cm³/mol. The van der Waals surface area contributed by atoms with E-state index in [0.29, 0.717) is 29.2 Å². The van der Waals surface area contributed by atoms with Crippen LogP contribution >= 0.6 is 11.6 Å². The van der Waals surface area contributed by atoms with E-state index >= 15 is 0 Å². The highest BCUT2D eigenvalue weighted by Crippen LogP contribution is 2.26. The molecule has 0 spiro atoms. The van der Waals surface area contributed by atoms with E-state index < -0.39 is 0 Å². The number of aryl methyl sites for hydroxylation is 1. The number of aromatic nitrogens is 1. The number of halogens is 1. The molecule has 0 bridgehead atoms. The van der Waals surface area contributed by atoms with Crippen molar-refractivity contribution in [3.63, 3.8) is 0 Å². The molecule has 1 aliphatic heterocycles. The van der Waals surface area contributed by atoms with Crippen molar-refractivity contribution >= 4 is 17.5 Å². The number of pyridine rings is 1. The first-order valence-corrected chi connectivity index (χ1v) is 7.90. The van der Waals surface area contributed by atoms with Crippen LogP contribution in [0.5, 0.6) is 0 Å². The second-order valence-corrected chi connectivity index (χ2v) is 6.10. The van der Waals surface area contributed by atoms with Gasteiger partial charge in [-0.25, -0.2) is 0 Å². The maximum absolute atomic E-state index is 12.9. The van der Waals surface area contributed by atoms with Gasteiger partial charge in [0.25, 0.3) is 5.91 Å². The molecular weight excluding hydrogens is 314 g/mol. The Morgan fingerprint density at radius 2 is 2.17 bits per heavy atom. The minimum Gasteiger partial charge on any atom is -0.329 e. The standard InChI is InChI=1S/C17H18ClN3O2/c1-11-7-16(22)20-9-14(11)17(23)21-6-5-19-10-15(21)12-3-2-4-13(18)8-12/h2-4,7-9,15,19H,5-6,10H2,1H3,(H,20,22). The van der Waals surface area contributed by atoms with Crippen molar-refractivity contribution in [2.45, 2.75) is 13.0 Å². The van der Waals surface area contributed by atoms with Crippen molar-refractivity contribution < 1.29 is 4.79 Å². The van der Waals surface area contributed by atoms with E-state index in [4.69, 9.17) is 11.6 Å². The van der Waals surface area contributed by atoms with Crippen LogP contribution < -0.4 is 10.9 Å². The summed E-state index contributed by atoms with van der Waals surface area (Å²) in [6, 6.07) is 8.94. The van der Waals surface area contributed by atoms with Crippen molar-refractivity contribution in [1.29, 1.82) is 0 Å². The van der Waals surface area contributed by atoms with Crippen molar-refractivity contribution in [2.24, 2.45) is 0 Å². The van der Waals surface area contributed by atoms with Crippen LogP contribution in [0.3, 0.4) is 0 Å². The number of carbonyl (C=O) groups is 1. The SMILES string of the molecule is Cc1cc(=O)[nH]cc1C(=O)N1CCNCC1c1cccc(Cl)c1. The summed E-state index contributed by atoms with van der Waals surface area (Å²) in [6.45, 7) is 3.80. The van der Waals surface area contributed by atoms with Gasteiger partial charge in [0.2, 0.25) is 5.56 Å². The average molecular weight is 332 g/mol. The first kappa shape index (κ1) is 15.8. The molecule has 0 radical (unpaired) electrons. The maximum Gasteiger partial charge on any atom is 0.256 e. The number of piperazine rings is 1. The van der Waals surface area contributed by atoms with Crippen molar-refractivity contribution in [1.82, 2.24) is 15.2 Å². The second-order valence-electron chi connectivity index (χ2n) is 5.67. The number of aromatic amines is 1. The van der Waals surface area contributed by atoms with Gasteiger partial charge in [-0.2, -0.15) is 0 Å². The molecule has 1 fully saturated rings. The Kier molecular flexibility index (Phi) is 4.50. The molecule has 1 unspecified atom stereocenters. The van der Waals surface area contributed by atoms with Crippen molar-refractivity contribution in [2.75, 3.05) is 19.6 Å². The smallest absolute Gasteiger partial charge is 0.256 e. The number of hydrogen-bond donors (Lipinski definition) is 2. The monoisotopic (exact) mass is 331 g/mol. The molecule has 120 valence electrons. The molecule has 2 heterocycles. The molecule has 23 heavy (non-hydrogen) atoms. The molecule has 1 aliphatic rings. The third-order valence-electron chi connectivity index (χ3n) is 4.10. The number of carbonyl (C=O) groups excluding carboxylic acids is 1. The van der Waals surface area contributed by atoms with E-state index in [1.54, 1.807) is 6.92 Å². The van der Waals surface area contributed by atoms with Gasteiger partial charge < -0.3 is 15.2 Å². The molecule has 6 heteroatoms. The lowest BCUT2D eigenvalue weighted by molar-refractivity contribution is 0.0633. The third-order valence-corrected chi connectivity index (χ3v) is 4.33. The number of rotatable bonds is 2. The summed E-state index contributed by atoms with van der Waals surface area (Å²) in [7, 11) is 0. The topological polar surface area (TPSA) is 65.2 Å². The zero-order chi connectivity index (χ0) is 16.4. The lowest BCUT2D eigenvalue weighted by Crippen LogP contribution is -2.48. The van der Waals surface area contributed by atoms with Crippen LogP contribution in [0.4, 0.5) is 0 Å². The first-order valence-electron chi connectivity index (χ1n) is 7.53. The van der Waals surface area contributed by atoms with Crippen LogP contribution in [0.25, 0.3) is 0 Å². The van der Waals surface area contributed by atoms with Crippen LogP contribution in [0.1, 0.15) is 27.5 Å². The fourth-order valence-electron chi connectivity index (χ4n) is 2.92. The number of amides is 1. The van der Waals surface area contributed by atoms with Crippen LogP contribution in [-0.4, -0.2) is 35.4 Å². The summed E-state index contributed by atoms with van der Waals surface area (Å²) < 4.78 is 0. The fraction of sp³-hybridized carbons (Fsp3) is 0.294. The Morgan fingerprint density at radius 3 is 2.91 bits per heavy atom. The van der Waals surface area contributed by atoms with Gasteiger partial charge in [-0.3, -0.25) is 9.59 Å². The van der Waals surface area contributed by atoms with Crippen LogP contribution in [-0.2, 0) is 0 Å². The van der Waals surface area contributed by atoms with E-state index in [0.717, 1.165) is 12.1 Å².